The van der Waals surface area contributed by atoms with Gasteiger partial charge in [0.15, 0.2) is 6.61 Å². The van der Waals surface area contributed by atoms with Crippen LogP contribution in [0.5, 0.6) is 5.75 Å². The number of nitrogens with one attached hydrogen (secondary N) is 1. The monoisotopic (exact) mass is 313 g/mol. The summed E-state index contributed by atoms with van der Waals surface area (Å²) in [6, 6.07) is 15.4. The van der Waals surface area contributed by atoms with Crippen LogP contribution in [0.4, 0.5) is 5.69 Å². The van der Waals surface area contributed by atoms with Crippen molar-refractivity contribution in [3.8, 4) is 5.75 Å². The lowest BCUT2D eigenvalue weighted by Gasteiger charge is -2.14. The van der Waals surface area contributed by atoms with Gasteiger partial charge >= 0.3 is 5.97 Å². The van der Waals surface area contributed by atoms with E-state index in [-0.39, 0.29) is 18.3 Å². The molecule has 5 heteroatoms. The van der Waals surface area contributed by atoms with Gasteiger partial charge in [-0.05, 0) is 36.2 Å². The first-order chi connectivity index (χ1) is 11.1. The van der Waals surface area contributed by atoms with Crippen molar-refractivity contribution in [1.29, 1.82) is 0 Å². The molecule has 2 N–H and O–H groups in total. The molecule has 23 heavy (non-hydrogen) atoms. The van der Waals surface area contributed by atoms with Crippen molar-refractivity contribution in [1.82, 2.24) is 0 Å². The van der Waals surface area contributed by atoms with Crippen LogP contribution in [0.1, 0.15) is 24.8 Å². The quantitative estimate of drug-likeness (QED) is 0.635. The Morgan fingerprint density at radius 1 is 1.09 bits per heavy atom. The molecule has 0 aliphatic rings. The second-order valence-electron chi connectivity index (χ2n) is 5.07. The minimum Gasteiger partial charge on any atom is -0.508 e. The van der Waals surface area contributed by atoms with Gasteiger partial charge in [-0.1, -0.05) is 37.3 Å². The van der Waals surface area contributed by atoms with Gasteiger partial charge in [-0.25, -0.2) is 0 Å². The van der Waals surface area contributed by atoms with Gasteiger partial charge in [0.1, 0.15) is 5.75 Å². The minimum atomic E-state index is -0.424. The molecule has 1 atom stereocenters. The highest BCUT2D eigenvalue weighted by atomic mass is 16.5. The zero-order chi connectivity index (χ0) is 16.7. The number of esters is 1. The molecular formula is C18H19NO4. The Labute approximate surface area is 134 Å². The van der Waals surface area contributed by atoms with E-state index >= 15 is 0 Å². The molecule has 1 unspecified atom stereocenters. The van der Waals surface area contributed by atoms with Crippen LogP contribution in [0.2, 0.25) is 0 Å². The number of anilines is 1. The maximum absolute atomic E-state index is 12.1. The molecule has 0 saturated carbocycles. The second-order valence-corrected chi connectivity index (χ2v) is 5.07. The molecule has 0 spiro atoms. The van der Waals surface area contributed by atoms with Gasteiger partial charge in [-0.15, -0.1) is 0 Å². The van der Waals surface area contributed by atoms with Crippen molar-refractivity contribution in [3.63, 3.8) is 0 Å². The summed E-state index contributed by atoms with van der Waals surface area (Å²) in [7, 11) is 0. The average Bonchev–Trinajstić information content (AvgIpc) is 2.57. The number of carbonyl (C=O) groups is 2. The first kappa shape index (κ1) is 16.5. The SMILES string of the molecule is CCC(C(=O)OCC(=O)Nc1ccc(O)cc1)c1ccccc1. The maximum Gasteiger partial charge on any atom is 0.313 e. The van der Waals surface area contributed by atoms with E-state index in [2.05, 4.69) is 5.32 Å². The molecule has 0 aliphatic heterocycles. The Kier molecular flexibility index (Phi) is 5.74. The molecule has 120 valence electrons. The molecule has 2 aromatic rings. The molecule has 2 rings (SSSR count). The highest BCUT2D eigenvalue weighted by Gasteiger charge is 2.20. The molecule has 2 aromatic carbocycles. The Bertz CT molecular complexity index is 652. The topological polar surface area (TPSA) is 75.6 Å². The van der Waals surface area contributed by atoms with Crippen molar-refractivity contribution in [2.45, 2.75) is 19.3 Å². The van der Waals surface area contributed by atoms with Crippen LogP contribution >= 0.6 is 0 Å². The van der Waals surface area contributed by atoms with Crippen LogP contribution in [0.25, 0.3) is 0 Å². The van der Waals surface area contributed by atoms with Crippen LogP contribution in [0, 0.1) is 0 Å². The Morgan fingerprint density at radius 2 is 1.74 bits per heavy atom. The molecule has 0 heterocycles. The van der Waals surface area contributed by atoms with Gasteiger partial charge in [0, 0.05) is 5.69 Å². The smallest absolute Gasteiger partial charge is 0.313 e. The number of amides is 1. The number of carbonyl (C=O) groups excluding carboxylic acids is 2. The molecular weight excluding hydrogens is 294 g/mol. The van der Waals surface area contributed by atoms with E-state index in [0.29, 0.717) is 12.1 Å². The average molecular weight is 313 g/mol. The van der Waals surface area contributed by atoms with Gasteiger partial charge in [-0.2, -0.15) is 0 Å². The third-order valence-electron chi connectivity index (χ3n) is 3.39. The summed E-state index contributed by atoms with van der Waals surface area (Å²) in [4.78, 5) is 23.9. The molecule has 5 nitrogen and oxygen atoms in total. The number of ether oxygens (including phenoxy) is 1. The van der Waals surface area contributed by atoms with Crippen LogP contribution < -0.4 is 5.32 Å². The summed E-state index contributed by atoms with van der Waals surface area (Å²) in [6.07, 6.45) is 0.600. The Morgan fingerprint density at radius 3 is 2.35 bits per heavy atom. The predicted molar refractivity (Wildman–Crippen MR) is 87.2 cm³/mol. The lowest BCUT2D eigenvalue weighted by Crippen LogP contribution is -2.23. The first-order valence-electron chi connectivity index (χ1n) is 7.40. The number of hydrogen-bond donors (Lipinski definition) is 2. The molecule has 1 amide bonds. The van der Waals surface area contributed by atoms with Crippen molar-refractivity contribution in [2.24, 2.45) is 0 Å². The first-order valence-corrected chi connectivity index (χ1v) is 7.40. The van der Waals surface area contributed by atoms with Gasteiger partial charge in [0.25, 0.3) is 5.91 Å². The Balaban J connectivity index is 1.87. The van der Waals surface area contributed by atoms with Crippen molar-refractivity contribution >= 4 is 17.6 Å². The number of phenols is 1. The molecule has 0 radical (unpaired) electrons. The van der Waals surface area contributed by atoms with E-state index in [1.807, 2.05) is 37.3 Å². The maximum atomic E-state index is 12.1. The molecule has 0 saturated heterocycles. The third-order valence-corrected chi connectivity index (χ3v) is 3.39. The molecule has 0 fully saturated rings. The Hall–Kier alpha value is -2.82. The van der Waals surface area contributed by atoms with Crippen LogP contribution in [0.3, 0.4) is 0 Å². The summed E-state index contributed by atoms with van der Waals surface area (Å²) in [6.45, 7) is 1.55. The minimum absolute atomic E-state index is 0.114. The van der Waals surface area contributed by atoms with Gasteiger partial charge in [-0.3, -0.25) is 9.59 Å². The van der Waals surface area contributed by atoms with E-state index in [1.54, 1.807) is 12.1 Å². The predicted octanol–water partition coefficient (Wildman–Crippen LogP) is 3.07. The van der Waals surface area contributed by atoms with E-state index in [4.69, 9.17) is 4.74 Å². The highest BCUT2D eigenvalue weighted by molar-refractivity contribution is 5.93. The van der Waals surface area contributed by atoms with E-state index in [1.165, 1.54) is 12.1 Å². The van der Waals surface area contributed by atoms with Crippen molar-refractivity contribution in [2.75, 3.05) is 11.9 Å². The van der Waals surface area contributed by atoms with E-state index < -0.39 is 11.9 Å². The number of hydrogen-bond acceptors (Lipinski definition) is 4. The fraction of sp³-hybridized carbons (Fsp3) is 0.222. The largest absolute Gasteiger partial charge is 0.508 e. The summed E-state index contributed by atoms with van der Waals surface area (Å²) in [5.74, 6) is -1.10. The van der Waals surface area contributed by atoms with Crippen molar-refractivity contribution < 1.29 is 19.4 Å². The molecule has 0 aliphatic carbocycles. The molecule has 0 aromatic heterocycles. The van der Waals surface area contributed by atoms with Crippen molar-refractivity contribution in [3.05, 3.63) is 60.2 Å². The fourth-order valence-corrected chi connectivity index (χ4v) is 2.20. The summed E-state index contributed by atoms with van der Waals surface area (Å²) >= 11 is 0. The number of phenolic OH excluding ortho intramolecular Hbond substituents is 1. The van der Waals surface area contributed by atoms with E-state index in [9.17, 15) is 14.7 Å². The lowest BCUT2D eigenvalue weighted by molar-refractivity contribution is -0.149. The summed E-state index contributed by atoms with van der Waals surface area (Å²) < 4.78 is 5.11. The molecule has 0 bridgehead atoms. The van der Waals surface area contributed by atoms with E-state index in [0.717, 1.165) is 5.56 Å². The third kappa shape index (κ3) is 4.85. The summed E-state index contributed by atoms with van der Waals surface area (Å²) in [5, 5.41) is 11.8. The number of benzene rings is 2. The number of aromatic hydroxyl groups is 1. The highest BCUT2D eigenvalue weighted by Crippen LogP contribution is 2.20. The van der Waals surface area contributed by atoms with Crippen LogP contribution in [0.15, 0.2) is 54.6 Å². The van der Waals surface area contributed by atoms with Crippen LogP contribution in [-0.2, 0) is 14.3 Å². The van der Waals surface area contributed by atoms with Gasteiger partial charge in [0.05, 0.1) is 5.92 Å². The second kappa shape index (κ2) is 7.98. The zero-order valence-electron chi connectivity index (χ0n) is 12.9. The fourth-order valence-electron chi connectivity index (χ4n) is 2.20. The van der Waals surface area contributed by atoms with Gasteiger partial charge < -0.3 is 15.2 Å². The van der Waals surface area contributed by atoms with Gasteiger partial charge in [0.2, 0.25) is 0 Å². The lowest BCUT2D eigenvalue weighted by atomic mass is 9.97. The summed E-state index contributed by atoms with van der Waals surface area (Å²) in [5.41, 5.74) is 1.40. The zero-order valence-corrected chi connectivity index (χ0v) is 12.9. The standard InChI is InChI=1S/C18H19NO4/c1-2-16(13-6-4-3-5-7-13)18(22)23-12-17(21)19-14-8-10-15(20)11-9-14/h3-11,16,20H,2,12H2,1H3,(H,19,21). The number of rotatable bonds is 6. The van der Waals surface area contributed by atoms with Crippen LogP contribution in [-0.4, -0.2) is 23.6 Å². The normalized spacial score (nSPS) is 11.5.